The van der Waals surface area contributed by atoms with Crippen LogP contribution in [0.5, 0.6) is 5.75 Å². The van der Waals surface area contributed by atoms with E-state index < -0.39 is 12.6 Å². The van der Waals surface area contributed by atoms with E-state index in [1.807, 2.05) is 12.1 Å². The first-order valence-corrected chi connectivity index (χ1v) is 7.28. The second-order valence-corrected chi connectivity index (χ2v) is 5.54. The van der Waals surface area contributed by atoms with Gasteiger partial charge in [0.1, 0.15) is 17.4 Å². The van der Waals surface area contributed by atoms with E-state index in [2.05, 4.69) is 4.98 Å². The maximum atomic E-state index is 12.1. The van der Waals surface area contributed by atoms with Crippen LogP contribution in [0.1, 0.15) is 0 Å². The summed E-state index contributed by atoms with van der Waals surface area (Å²) < 4.78 is 5.93. The van der Waals surface area contributed by atoms with Gasteiger partial charge in [-0.05, 0) is 24.3 Å². The summed E-state index contributed by atoms with van der Waals surface area (Å²) >= 11 is 1.39. The highest BCUT2D eigenvalue weighted by molar-refractivity contribution is 7.21. The molecule has 0 fully saturated rings. The summed E-state index contributed by atoms with van der Waals surface area (Å²) in [4.78, 5) is 26.6. The summed E-state index contributed by atoms with van der Waals surface area (Å²) in [6, 6.07) is 14.1. The minimum Gasteiger partial charge on any atom is -0.546 e. The molecule has 5 nitrogen and oxygen atoms in total. The molecule has 110 valence electrons. The quantitative estimate of drug-likeness (QED) is 0.728. The maximum Gasteiger partial charge on any atom is 0.279 e. The lowest BCUT2D eigenvalue weighted by molar-refractivity contribution is -0.307. The summed E-state index contributed by atoms with van der Waals surface area (Å²) in [6.45, 7) is -0.523. The number of rotatable bonds is 4. The first-order valence-electron chi connectivity index (χ1n) is 6.46. The van der Waals surface area contributed by atoms with Crippen molar-refractivity contribution in [2.75, 3.05) is 6.61 Å². The third-order valence-corrected chi connectivity index (χ3v) is 4.06. The molecule has 2 aromatic carbocycles. The zero-order valence-corrected chi connectivity index (χ0v) is 12.1. The standard InChI is InChI=1S/C16H11NO4S/c18-14(19)9-21-11-5-3-4-10(8-11)16-17-15(20)12-6-1-2-7-13(12)22-16/h1-8H,9H2,(H,18,19)/p-1. The number of carbonyl (C=O) groups is 1. The molecular formula is C16H10NO4S-. The van der Waals surface area contributed by atoms with Gasteiger partial charge in [-0.15, -0.1) is 11.3 Å². The summed E-state index contributed by atoms with van der Waals surface area (Å²) in [5.74, 6) is -0.907. The van der Waals surface area contributed by atoms with Crippen molar-refractivity contribution < 1.29 is 14.6 Å². The fraction of sp³-hybridized carbons (Fsp3) is 0.0625. The Morgan fingerprint density at radius 2 is 2.00 bits per heavy atom. The SMILES string of the molecule is O=C([O-])COc1cccc(-c2nc(=O)c3ccccc3s2)c1. The molecule has 22 heavy (non-hydrogen) atoms. The molecule has 3 rings (SSSR count). The Morgan fingerprint density at radius 3 is 2.82 bits per heavy atom. The molecule has 0 unspecified atom stereocenters. The molecule has 0 atom stereocenters. The number of carboxylic acid groups (broad SMARTS) is 1. The number of fused-ring (bicyclic) bond motifs is 1. The van der Waals surface area contributed by atoms with E-state index in [0.717, 1.165) is 4.70 Å². The number of hydrogen-bond donors (Lipinski definition) is 0. The number of carbonyl (C=O) groups excluding carboxylic acids is 1. The lowest BCUT2D eigenvalue weighted by atomic mass is 10.2. The largest absolute Gasteiger partial charge is 0.546 e. The lowest BCUT2D eigenvalue weighted by Crippen LogP contribution is -2.28. The lowest BCUT2D eigenvalue weighted by Gasteiger charge is -2.08. The third-order valence-electron chi connectivity index (χ3n) is 2.96. The van der Waals surface area contributed by atoms with E-state index in [4.69, 9.17) is 4.74 Å². The summed E-state index contributed by atoms with van der Waals surface area (Å²) in [6.07, 6.45) is 0. The van der Waals surface area contributed by atoms with Crippen LogP contribution in [0.2, 0.25) is 0 Å². The molecule has 1 heterocycles. The van der Waals surface area contributed by atoms with Crippen molar-refractivity contribution >= 4 is 27.4 Å². The van der Waals surface area contributed by atoms with E-state index in [1.54, 1.807) is 36.4 Å². The number of ether oxygens (including phenoxy) is 1. The summed E-state index contributed by atoms with van der Waals surface area (Å²) in [7, 11) is 0. The van der Waals surface area contributed by atoms with Gasteiger partial charge in [-0.25, -0.2) is 0 Å². The number of carboxylic acids is 1. The van der Waals surface area contributed by atoms with E-state index in [0.29, 0.717) is 21.7 Å². The Labute approximate surface area is 129 Å². The zero-order chi connectivity index (χ0) is 15.5. The number of nitrogens with zero attached hydrogens (tertiary/aromatic N) is 1. The van der Waals surface area contributed by atoms with Gasteiger partial charge in [-0.1, -0.05) is 24.3 Å². The normalized spacial score (nSPS) is 10.5. The second-order valence-electron chi connectivity index (χ2n) is 4.51. The van der Waals surface area contributed by atoms with E-state index in [1.165, 1.54) is 11.3 Å². The van der Waals surface area contributed by atoms with Crippen molar-refractivity contribution in [3.8, 4) is 16.3 Å². The van der Waals surface area contributed by atoms with E-state index in [-0.39, 0.29) is 5.56 Å². The molecule has 3 aromatic rings. The van der Waals surface area contributed by atoms with Crippen LogP contribution in [0.15, 0.2) is 53.3 Å². The molecular weight excluding hydrogens is 302 g/mol. The summed E-state index contributed by atoms with van der Waals surface area (Å²) in [5, 5.41) is 11.6. The van der Waals surface area contributed by atoms with Gasteiger partial charge in [0, 0.05) is 10.3 Å². The van der Waals surface area contributed by atoms with Crippen LogP contribution >= 0.6 is 11.3 Å². The molecule has 1 aromatic heterocycles. The van der Waals surface area contributed by atoms with E-state index >= 15 is 0 Å². The Balaban J connectivity index is 2.02. The van der Waals surface area contributed by atoms with Crippen LogP contribution in [0, 0.1) is 0 Å². The highest BCUT2D eigenvalue weighted by atomic mass is 32.1. The Hall–Kier alpha value is -2.73. The van der Waals surface area contributed by atoms with Crippen molar-refractivity contribution in [1.82, 2.24) is 4.98 Å². The topological polar surface area (TPSA) is 79.3 Å². The van der Waals surface area contributed by atoms with Crippen molar-refractivity contribution in [3.05, 3.63) is 58.9 Å². The number of hydrogen-bond acceptors (Lipinski definition) is 6. The fourth-order valence-electron chi connectivity index (χ4n) is 2.00. The van der Waals surface area contributed by atoms with Crippen LogP contribution < -0.4 is 15.4 Å². The smallest absolute Gasteiger partial charge is 0.279 e. The van der Waals surface area contributed by atoms with Crippen LogP contribution in [0.25, 0.3) is 20.7 Å². The molecule has 0 aliphatic rings. The highest BCUT2D eigenvalue weighted by Gasteiger charge is 2.07. The minimum atomic E-state index is -1.29. The van der Waals surface area contributed by atoms with Gasteiger partial charge >= 0.3 is 0 Å². The van der Waals surface area contributed by atoms with Crippen LogP contribution in [0.4, 0.5) is 0 Å². The van der Waals surface area contributed by atoms with Gasteiger partial charge < -0.3 is 14.6 Å². The van der Waals surface area contributed by atoms with Crippen LogP contribution in [-0.2, 0) is 4.79 Å². The molecule has 0 spiro atoms. The molecule has 0 radical (unpaired) electrons. The Kier molecular flexibility index (Phi) is 3.84. The molecule has 0 aliphatic carbocycles. The number of aliphatic carboxylic acids is 1. The molecule has 0 bridgehead atoms. The van der Waals surface area contributed by atoms with Crippen LogP contribution in [0.3, 0.4) is 0 Å². The Morgan fingerprint density at radius 1 is 1.18 bits per heavy atom. The Bertz CT molecular complexity index is 904. The third kappa shape index (κ3) is 2.96. The predicted molar refractivity (Wildman–Crippen MR) is 81.8 cm³/mol. The minimum absolute atomic E-state index is 0.287. The molecule has 0 amide bonds. The molecule has 0 saturated carbocycles. The first kappa shape index (κ1) is 14.2. The molecule has 0 saturated heterocycles. The maximum absolute atomic E-state index is 12.1. The monoisotopic (exact) mass is 312 g/mol. The first-order chi connectivity index (χ1) is 10.6. The van der Waals surface area contributed by atoms with Crippen molar-refractivity contribution in [2.45, 2.75) is 0 Å². The summed E-state index contributed by atoms with van der Waals surface area (Å²) in [5.41, 5.74) is 0.411. The molecule has 6 heteroatoms. The molecule has 0 aliphatic heterocycles. The van der Waals surface area contributed by atoms with Gasteiger partial charge in [0.25, 0.3) is 5.56 Å². The van der Waals surface area contributed by atoms with Gasteiger partial charge in [-0.3, -0.25) is 4.79 Å². The van der Waals surface area contributed by atoms with Crippen molar-refractivity contribution in [3.63, 3.8) is 0 Å². The highest BCUT2D eigenvalue weighted by Crippen LogP contribution is 2.28. The van der Waals surface area contributed by atoms with E-state index in [9.17, 15) is 14.7 Å². The second kappa shape index (κ2) is 5.95. The number of aromatic nitrogens is 1. The van der Waals surface area contributed by atoms with Gasteiger partial charge in [0.2, 0.25) is 0 Å². The van der Waals surface area contributed by atoms with Crippen molar-refractivity contribution in [2.24, 2.45) is 0 Å². The zero-order valence-electron chi connectivity index (χ0n) is 11.3. The van der Waals surface area contributed by atoms with Crippen LogP contribution in [-0.4, -0.2) is 17.6 Å². The average Bonchev–Trinajstić information content (AvgIpc) is 2.53. The fourth-order valence-corrected chi connectivity index (χ4v) is 2.99. The van der Waals surface area contributed by atoms with Crippen molar-refractivity contribution in [1.29, 1.82) is 0 Å². The molecule has 0 N–H and O–H groups in total. The average molecular weight is 312 g/mol. The van der Waals surface area contributed by atoms with Gasteiger partial charge in [-0.2, -0.15) is 4.98 Å². The van der Waals surface area contributed by atoms with Gasteiger partial charge in [0.15, 0.2) is 0 Å². The number of benzene rings is 2. The predicted octanol–water partition coefficient (Wildman–Crippen LogP) is 1.45. The van der Waals surface area contributed by atoms with Gasteiger partial charge in [0.05, 0.1) is 11.4 Å².